The predicted molar refractivity (Wildman–Crippen MR) is 74.3 cm³/mol. The van der Waals surface area contributed by atoms with Gasteiger partial charge in [-0.1, -0.05) is 36.2 Å². The Hall–Kier alpha value is -0.820. The maximum Gasteiger partial charge on any atom is 0.0871 e. The number of aliphatic hydroxyl groups is 1. The van der Waals surface area contributed by atoms with E-state index in [0.29, 0.717) is 0 Å². The summed E-state index contributed by atoms with van der Waals surface area (Å²) in [6.07, 6.45) is 6.56. The van der Waals surface area contributed by atoms with Crippen LogP contribution in [0.1, 0.15) is 50.2 Å². The van der Waals surface area contributed by atoms with Gasteiger partial charge < -0.3 is 5.11 Å². The van der Waals surface area contributed by atoms with Gasteiger partial charge >= 0.3 is 0 Å². The molecule has 1 heteroatoms. The molecule has 2 aliphatic carbocycles. The van der Waals surface area contributed by atoms with Crippen LogP contribution in [-0.2, 0) is 5.60 Å². The van der Waals surface area contributed by atoms with Crippen LogP contribution in [0.3, 0.4) is 0 Å². The van der Waals surface area contributed by atoms with Crippen LogP contribution < -0.4 is 0 Å². The maximum absolute atomic E-state index is 10.8. The molecule has 3 rings (SSSR count). The lowest BCUT2D eigenvalue weighted by atomic mass is 9.78. The molecule has 0 aromatic heterocycles. The molecule has 0 radical (unpaired) electrons. The zero-order chi connectivity index (χ0) is 12.8. The van der Waals surface area contributed by atoms with Crippen molar-refractivity contribution in [3.8, 4) is 0 Å². The SMILES string of the molecule is Cc1ccc(C(C)(O)CC2CC3CCC2C3)cc1. The van der Waals surface area contributed by atoms with E-state index in [1.807, 2.05) is 6.92 Å². The molecule has 98 valence electrons. The molecule has 1 aromatic rings. The number of hydrogen-bond acceptors (Lipinski definition) is 1. The highest BCUT2D eigenvalue weighted by Crippen LogP contribution is 2.51. The lowest BCUT2D eigenvalue weighted by molar-refractivity contribution is 0.0204. The molecule has 1 nitrogen and oxygen atoms in total. The summed E-state index contributed by atoms with van der Waals surface area (Å²) in [6, 6.07) is 8.38. The largest absolute Gasteiger partial charge is 0.385 e. The average molecular weight is 244 g/mol. The maximum atomic E-state index is 10.8. The second-order valence-electron chi connectivity index (χ2n) is 6.78. The van der Waals surface area contributed by atoms with Crippen molar-refractivity contribution in [1.29, 1.82) is 0 Å². The Morgan fingerprint density at radius 2 is 1.89 bits per heavy atom. The fraction of sp³-hybridized carbons (Fsp3) is 0.647. The minimum Gasteiger partial charge on any atom is -0.385 e. The Morgan fingerprint density at radius 3 is 2.44 bits per heavy atom. The van der Waals surface area contributed by atoms with Crippen LogP contribution in [0.15, 0.2) is 24.3 Å². The minimum atomic E-state index is -0.650. The molecule has 0 amide bonds. The van der Waals surface area contributed by atoms with E-state index in [1.165, 1.54) is 31.2 Å². The average Bonchev–Trinajstić information content (AvgIpc) is 2.91. The van der Waals surface area contributed by atoms with Gasteiger partial charge in [0.2, 0.25) is 0 Å². The van der Waals surface area contributed by atoms with E-state index in [1.54, 1.807) is 0 Å². The van der Waals surface area contributed by atoms with Crippen LogP contribution in [0.4, 0.5) is 0 Å². The third-order valence-corrected chi connectivity index (χ3v) is 5.22. The van der Waals surface area contributed by atoms with E-state index in [9.17, 15) is 5.11 Å². The fourth-order valence-corrected chi connectivity index (χ4v) is 4.17. The van der Waals surface area contributed by atoms with Crippen molar-refractivity contribution < 1.29 is 5.11 Å². The van der Waals surface area contributed by atoms with Gasteiger partial charge in [0.05, 0.1) is 5.60 Å². The van der Waals surface area contributed by atoms with Crippen molar-refractivity contribution in [3.63, 3.8) is 0 Å². The van der Waals surface area contributed by atoms with Crippen molar-refractivity contribution in [2.24, 2.45) is 17.8 Å². The number of fused-ring (bicyclic) bond motifs is 2. The van der Waals surface area contributed by atoms with Gasteiger partial charge in [-0.15, -0.1) is 0 Å². The fourth-order valence-electron chi connectivity index (χ4n) is 4.17. The van der Waals surface area contributed by atoms with Crippen LogP contribution >= 0.6 is 0 Å². The van der Waals surface area contributed by atoms with Crippen LogP contribution in [0.25, 0.3) is 0 Å². The topological polar surface area (TPSA) is 20.2 Å². The monoisotopic (exact) mass is 244 g/mol. The van der Waals surface area contributed by atoms with Gasteiger partial charge in [0.25, 0.3) is 0 Å². The summed E-state index contributed by atoms with van der Waals surface area (Å²) < 4.78 is 0. The highest BCUT2D eigenvalue weighted by Gasteiger charge is 2.42. The van der Waals surface area contributed by atoms with Gasteiger partial charge in [0, 0.05) is 0 Å². The normalized spacial score (nSPS) is 33.6. The predicted octanol–water partition coefficient (Wildman–Crippen LogP) is 4.03. The molecule has 2 aliphatic rings. The molecular weight excluding hydrogens is 220 g/mol. The molecule has 0 saturated heterocycles. The van der Waals surface area contributed by atoms with E-state index < -0.39 is 5.60 Å². The Morgan fingerprint density at radius 1 is 1.17 bits per heavy atom. The van der Waals surface area contributed by atoms with Crippen molar-refractivity contribution in [2.75, 3.05) is 0 Å². The zero-order valence-corrected chi connectivity index (χ0v) is 11.5. The third-order valence-electron chi connectivity index (χ3n) is 5.22. The first-order valence-corrected chi connectivity index (χ1v) is 7.34. The molecule has 4 unspecified atom stereocenters. The minimum absolute atomic E-state index is 0.650. The molecule has 0 spiro atoms. The van der Waals surface area contributed by atoms with E-state index in [-0.39, 0.29) is 0 Å². The highest BCUT2D eigenvalue weighted by atomic mass is 16.3. The summed E-state index contributed by atoms with van der Waals surface area (Å²) in [5.41, 5.74) is 1.69. The van der Waals surface area contributed by atoms with Gasteiger partial charge in [-0.05, 0) is 62.8 Å². The molecule has 2 fully saturated rings. The smallest absolute Gasteiger partial charge is 0.0871 e. The molecule has 0 aliphatic heterocycles. The van der Waals surface area contributed by atoms with Gasteiger partial charge in [0.15, 0.2) is 0 Å². The van der Waals surface area contributed by atoms with Crippen LogP contribution in [0.5, 0.6) is 0 Å². The molecule has 0 heterocycles. The molecule has 2 saturated carbocycles. The third kappa shape index (κ3) is 2.21. The number of rotatable bonds is 3. The quantitative estimate of drug-likeness (QED) is 0.851. The van der Waals surface area contributed by atoms with Crippen molar-refractivity contribution in [3.05, 3.63) is 35.4 Å². The lowest BCUT2D eigenvalue weighted by Crippen LogP contribution is -2.27. The molecular formula is C17H24O. The summed E-state index contributed by atoms with van der Waals surface area (Å²) in [7, 11) is 0. The van der Waals surface area contributed by atoms with Crippen LogP contribution in [0.2, 0.25) is 0 Å². The molecule has 18 heavy (non-hydrogen) atoms. The van der Waals surface area contributed by atoms with Crippen LogP contribution in [-0.4, -0.2) is 5.11 Å². The highest BCUT2D eigenvalue weighted by molar-refractivity contribution is 5.26. The first-order chi connectivity index (χ1) is 8.54. The Labute approximate surface area is 110 Å². The summed E-state index contributed by atoms with van der Waals surface area (Å²) in [5, 5.41) is 10.8. The van der Waals surface area contributed by atoms with E-state index >= 15 is 0 Å². The summed E-state index contributed by atoms with van der Waals surface area (Å²) in [4.78, 5) is 0. The van der Waals surface area contributed by atoms with Crippen molar-refractivity contribution in [2.45, 2.75) is 51.6 Å². The van der Waals surface area contributed by atoms with E-state index in [4.69, 9.17) is 0 Å². The molecule has 2 bridgehead atoms. The summed E-state index contributed by atoms with van der Waals surface area (Å²) in [6.45, 7) is 4.08. The van der Waals surface area contributed by atoms with E-state index in [2.05, 4.69) is 31.2 Å². The Kier molecular flexibility index (Phi) is 2.97. The first kappa shape index (κ1) is 12.2. The zero-order valence-electron chi connectivity index (χ0n) is 11.5. The Balaban J connectivity index is 1.72. The number of hydrogen-bond donors (Lipinski definition) is 1. The van der Waals surface area contributed by atoms with Crippen molar-refractivity contribution >= 4 is 0 Å². The second-order valence-corrected chi connectivity index (χ2v) is 6.78. The Bertz CT molecular complexity index is 418. The first-order valence-electron chi connectivity index (χ1n) is 7.34. The standard InChI is InChI=1S/C17H24O/c1-12-3-7-16(8-4-12)17(2,18)11-15-10-13-5-6-14(15)9-13/h3-4,7-8,13-15,18H,5-6,9-11H2,1-2H3. The lowest BCUT2D eigenvalue weighted by Gasteiger charge is -2.31. The molecule has 4 atom stereocenters. The van der Waals surface area contributed by atoms with Gasteiger partial charge in [0.1, 0.15) is 0 Å². The number of aryl methyl sites for hydroxylation is 1. The van der Waals surface area contributed by atoms with Gasteiger partial charge in [-0.2, -0.15) is 0 Å². The van der Waals surface area contributed by atoms with Crippen LogP contribution in [0, 0.1) is 24.7 Å². The summed E-state index contributed by atoms with van der Waals surface area (Å²) >= 11 is 0. The van der Waals surface area contributed by atoms with Gasteiger partial charge in [-0.25, -0.2) is 0 Å². The van der Waals surface area contributed by atoms with Crippen molar-refractivity contribution in [1.82, 2.24) is 0 Å². The molecule has 1 N–H and O–H groups in total. The number of benzene rings is 1. The van der Waals surface area contributed by atoms with Gasteiger partial charge in [-0.3, -0.25) is 0 Å². The molecule has 1 aromatic carbocycles. The second kappa shape index (κ2) is 4.38. The van der Waals surface area contributed by atoms with E-state index in [0.717, 1.165) is 29.7 Å². The summed E-state index contributed by atoms with van der Waals surface area (Å²) in [5.74, 6) is 2.61.